The van der Waals surface area contributed by atoms with Crippen LogP contribution >= 0.6 is 23.2 Å². The Bertz CT molecular complexity index is 964. The number of amides is 1. The van der Waals surface area contributed by atoms with Crippen molar-refractivity contribution in [2.75, 3.05) is 0 Å². The molecule has 2 N–H and O–H groups in total. The molecule has 4 unspecified atom stereocenters. The molecule has 0 bridgehead atoms. The molecule has 1 fully saturated rings. The minimum absolute atomic E-state index is 0.278. The fourth-order valence-electron chi connectivity index (χ4n) is 4.67. The highest BCUT2D eigenvalue weighted by Gasteiger charge is 2.48. The standard InChI is InChI=1S/C22H21Cl2NO4/c23-12-9-10-15(16(24)11-12)20-19(22(28)29)13-5-1-2-6-14(13)21(27)25(20)17-7-3-4-8-18(17)26/h1-2,5-6,9-11,17-20,26H,3-4,7-8H2,(H,28,29). The third-order valence-corrected chi connectivity index (χ3v) is 6.54. The molecule has 152 valence electrons. The third-order valence-electron chi connectivity index (χ3n) is 5.97. The highest BCUT2D eigenvalue weighted by Crippen LogP contribution is 2.47. The predicted molar refractivity (Wildman–Crippen MR) is 110 cm³/mol. The van der Waals surface area contributed by atoms with Crippen molar-refractivity contribution in [3.8, 4) is 0 Å². The van der Waals surface area contributed by atoms with E-state index < -0.39 is 30.1 Å². The maximum atomic E-state index is 13.5. The Morgan fingerprint density at radius 2 is 1.76 bits per heavy atom. The van der Waals surface area contributed by atoms with E-state index in [0.717, 1.165) is 12.8 Å². The van der Waals surface area contributed by atoms with Crippen molar-refractivity contribution >= 4 is 35.1 Å². The summed E-state index contributed by atoms with van der Waals surface area (Å²) in [5.41, 5.74) is 1.34. The lowest BCUT2D eigenvalue weighted by molar-refractivity contribution is -0.141. The Kier molecular flexibility index (Phi) is 5.56. The van der Waals surface area contributed by atoms with Crippen LogP contribution in [0.5, 0.6) is 0 Å². The van der Waals surface area contributed by atoms with Crippen molar-refractivity contribution in [1.82, 2.24) is 4.90 Å². The zero-order chi connectivity index (χ0) is 20.7. The van der Waals surface area contributed by atoms with Gasteiger partial charge in [-0.05, 0) is 42.2 Å². The van der Waals surface area contributed by atoms with Crippen molar-refractivity contribution in [1.29, 1.82) is 0 Å². The number of benzene rings is 2. The molecule has 4 atom stereocenters. The number of hydrogen-bond acceptors (Lipinski definition) is 3. The zero-order valence-electron chi connectivity index (χ0n) is 15.6. The number of carbonyl (C=O) groups excluding carboxylic acids is 1. The molecule has 4 rings (SSSR count). The molecule has 2 aliphatic rings. The first-order chi connectivity index (χ1) is 13.9. The average Bonchev–Trinajstić information content (AvgIpc) is 2.69. The molecule has 1 amide bonds. The first-order valence-electron chi connectivity index (χ1n) is 9.67. The average molecular weight is 434 g/mol. The van der Waals surface area contributed by atoms with Crippen molar-refractivity contribution in [3.63, 3.8) is 0 Å². The Morgan fingerprint density at radius 1 is 1.03 bits per heavy atom. The SMILES string of the molecule is O=C(O)C1c2ccccc2C(=O)N(C2CCCCC2O)C1c1ccc(Cl)cc1Cl. The number of hydrogen-bond donors (Lipinski definition) is 2. The molecule has 1 saturated carbocycles. The molecule has 0 saturated heterocycles. The topological polar surface area (TPSA) is 77.8 Å². The molecule has 1 heterocycles. The van der Waals surface area contributed by atoms with Crippen molar-refractivity contribution in [2.24, 2.45) is 0 Å². The third kappa shape index (κ3) is 3.52. The first kappa shape index (κ1) is 20.2. The normalized spacial score (nSPS) is 26.9. The van der Waals surface area contributed by atoms with Crippen LogP contribution in [0.2, 0.25) is 10.0 Å². The first-order valence-corrected chi connectivity index (χ1v) is 10.4. The van der Waals surface area contributed by atoms with Crippen LogP contribution in [0.25, 0.3) is 0 Å². The van der Waals surface area contributed by atoms with Crippen LogP contribution in [0.4, 0.5) is 0 Å². The fourth-order valence-corrected chi connectivity index (χ4v) is 5.19. The van der Waals surface area contributed by atoms with E-state index in [0.29, 0.717) is 39.6 Å². The zero-order valence-corrected chi connectivity index (χ0v) is 17.1. The number of halogens is 2. The second-order valence-corrected chi connectivity index (χ2v) is 8.49. The Labute approximate surface area is 178 Å². The van der Waals surface area contributed by atoms with E-state index >= 15 is 0 Å². The quantitative estimate of drug-likeness (QED) is 0.737. The largest absolute Gasteiger partial charge is 0.481 e. The van der Waals surface area contributed by atoms with Gasteiger partial charge in [0.2, 0.25) is 0 Å². The number of carboxylic acids is 1. The lowest BCUT2D eigenvalue weighted by Crippen LogP contribution is -2.54. The van der Waals surface area contributed by atoms with Gasteiger partial charge in [-0.15, -0.1) is 0 Å². The Balaban J connectivity index is 1.94. The van der Waals surface area contributed by atoms with Gasteiger partial charge < -0.3 is 15.1 Å². The van der Waals surface area contributed by atoms with Gasteiger partial charge in [0.1, 0.15) is 5.92 Å². The summed E-state index contributed by atoms with van der Waals surface area (Å²) in [6.45, 7) is 0. The van der Waals surface area contributed by atoms with Gasteiger partial charge in [-0.25, -0.2) is 0 Å². The van der Waals surface area contributed by atoms with Crippen LogP contribution in [0.1, 0.15) is 59.1 Å². The molecule has 2 aromatic carbocycles. The second-order valence-electron chi connectivity index (χ2n) is 7.65. The summed E-state index contributed by atoms with van der Waals surface area (Å²) in [7, 11) is 0. The van der Waals surface area contributed by atoms with Gasteiger partial charge in [-0.3, -0.25) is 9.59 Å². The number of rotatable bonds is 3. The molecule has 0 aromatic heterocycles. The van der Waals surface area contributed by atoms with Crippen LogP contribution in [-0.4, -0.2) is 39.1 Å². The molecule has 2 aromatic rings. The number of fused-ring (bicyclic) bond motifs is 1. The van der Waals surface area contributed by atoms with E-state index in [-0.39, 0.29) is 5.91 Å². The van der Waals surface area contributed by atoms with E-state index in [4.69, 9.17) is 23.2 Å². The molecule has 0 radical (unpaired) electrons. The monoisotopic (exact) mass is 433 g/mol. The van der Waals surface area contributed by atoms with Crippen LogP contribution in [0.3, 0.4) is 0 Å². The Hall–Kier alpha value is -2.08. The highest BCUT2D eigenvalue weighted by atomic mass is 35.5. The molecular formula is C22H21Cl2NO4. The van der Waals surface area contributed by atoms with Gasteiger partial charge in [-0.2, -0.15) is 0 Å². The number of nitrogens with zero attached hydrogens (tertiary/aromatic N) is 1. The van der Waals surface area contributed by atoms with Gasteiger partial charge in [0.05, 0.1) is 18.2 Å². The van der Waals surface area contributed by atoms with Gasteiger partial charge >= 0.3 is 5.97 Å². The van der Waals surface area contributed by atoms with E-state index in [1.807, 2.05) is 0 Å². The van der Waals surface area contributed by atoms with Gasteiger partial charge in [0, 0.05) is 15.6 Å². The van der Waals surface area contributed by atoms with Gasteiger partial charge in [-0.1, -0.05) is 60.3 Å². The molecule has 1 aliphatic heterocycles. The lowest BCUT2D eigenvalue weighted by Gasteiger charge is -2.47. The number of aliphatic hydroxyl groups is 1. The maximum absolute atomic E-state index is 13.5. The summed E-state index contributed by atoms with van der Waals surface area (Å²) >= 11 is 12.5. The van der Waals surface area contributed by atoms with Crippen LogP contribution in [0.15, 0.2) is 42.5 Å². The molecule has 0 spiro atoms. The summed E-state index contributed by atoms with van der Waals surface area (Å²) in [6, 6.07) is 10.3. The van der Waals surface area contributed by atoms with Crippen LogP contribution < -0.4 is 0 Å². The number of carbonyl (C=O) groups is 2. The van der Waals surface area contributed by atoms with Crippen molar-refractivity contribution in [3.05, 3.63) is 69.2 Å². The number of aliphatic carboxylic acids is 1. The van der Waals surface area contributed by atoms with Crippen molar-refractivity contribution in [2.45, 2.75) is 49.8 Å². The summed E-state index contributed by atoms with van der Waals surface area (Å²) in [5, 5.41) is 21.6. The van der Waals surface area contributed by atoms with Gasteiger partial charge in [0.15, 0.2) is 0 Å². The van der Waals surface area contributed by atoms with Crippen LogP contribution in [-0.2, 0) is 4.79 Å². The van der Waals surface area contributed by atoms with E-state index in [1.54, 1.807) is 47.4 Å². The summed E-state index contributed by atoms with van der Waals surface area (Å²) < 4.78 is 0. The molecule has 7 heteroatoms. The molecule has 5 nitrogen and oxygen atoms in total. The van der Waals surface area contributed by atoms with E-state index in [2.05, 4.69) is 0 Å². The maximum Gasteiger partial charge on any atom is 0.313 e. The lowest BCUT2D eigenvalue weighted by atomic mass is 9.77. The summed E-state index contributed by atoms with van der Waals surface area (Å²) in [6.07, 6.45) is 2.23. The van der Waals surface area contributed by atoms with Gasteiger partial charge in [0.25, 0.3) is 5.91 Å². The van der Waals surface area contributed by atoms with E-state index in [1.165, 1.54) is 0 Å². The smallest absolute Gasteiger partial charge is 0.313 e. The summed E-state index contributed by atoms with van der Waals surface area (Å²) in [4.78, 5) is 27.5. The van der Waals surface area contributed by atoms with Crippen LogP contribution in [0, 0.1) is 0 Å². The van der Waals surface area contributed by atoms with E-state index in [9.17, 15) is 19.8 Å². The minimum Gasteiger partial charge on any atom is -0.481 e. The highest BCUT2D eigenvalue weighted by molar-refractivity contribution is 6.35. The molecule has 29 heavy (non-hydrogen) atoms. The predicted octanol–water partition coefficient (Wildman–Crippen LogP) is 4.66. The minimum atomic E-state index is -1.05. The van der Waals surface area contributed by atoms with Crippen molar-refractivity contribution < 1.29 is 19.8 Å². The fraction of sp³-hybridized carbons (Fsp3) is 0.364. The second kappa shape index (κ2) is 7.98. The summed E-state index contributed by atoms with van der Waals surface area (Å²) in [5.74, 6) is -2.33. The number of carboxylic acid groups (broad SMARTS) is 1. The Morgan fingerprint density at radius 3 is 2.45 bits per heavy atom. The molecular weight excluding hydrogens is 413 g/mol. The molecule has 1 aliphatic carbocycles. The number of aliphatic hydroxyl groups excluding tert-OH is 1.